The van der Waals surface area contributed by atoms with Crippen LogP contribution in [0.3, 0.4) is 0 Å². The second-order valence-corrected chi connectivity index (χ2v) is 7.59. The third kappa shape index (κ3) is 6.83. The Morgan fingerprint density at radius 3 is 2.63 bits per heavy atom. The Morgan fingerprint density at radius 2 is 2.00 bits per heavy atom. The van der Waals surface area contributed by atoms with Crippen molar-refractivity contribution in [3.05, 3.63) is 51.5 Å². The zero-order valence-electron chi connectivity index (χ0n) is 16.3. The SMILES string of the molecule is CN=C(NCc1cccc(CN2CCCC2=O)c1)NCc1nc(C(F)(F)F)cs1.I. The van der Waals surface area contributed by atoms with Gasteiger partial charge >= 0.3 is 6.18 Å². The summed E-state index contributed by atoms with van der Waals surface area (Å²) in [6.45, 7) is 2.04. The van der Waals surface area contributed by atoms with Gasteiger partial charge in [-0.2, -0.15) is 13.2 Å². The number of carbonyl (C=O) groups excluding carboxylic acids is 1. The summed E-state index contributed by atoms with van der Waals surface area (Å²) in [5.41, 5.74) is 1.20. The van der Waals surface area contributed by atoms with Crippen molar-refractivity contribution in [2.45, 2.75) is 38.7 Å². The summed E-state index contributed by atoms with van der Waals surface area (Å²) in [5, 5.41) is 7.44. The number of guanidine groups is 1. The molecule has 2 aromatic rings. The minimum absolute atomic E-state index is 0. The molecule has 2 N–H and O–H groups in total. The summed E-state index contributed by atoms with van der Waals surface area (Å²) in [6.07, 6.45) is -2.90. The predicted molar refractivity (Wildman–Crippen MR) is 121 cm³/mol. The molecule has 2 heterocycles. The summed E-state index contributed by atoms with van der Waals surface area (Å²) in [4.78, 5) is 21.3. The molecular weight excluding hydrogens is 530 g/mol. The third-order valence-corrected chi connectivity index (χ3v) is 5.32. The molecule has 0 spiro atoms. The normalized spacial score (nSPS) is 14.6. The fourth-order valence-corrected chi connectivity index (χ4v) is 3.76. The quantitative estimate of drug-likeness (QED) is 0.325. The number of alkyl halides is 3. The highest BCUT2D eigenvalue weighted by molar-refractivity contribution is 14.0. The number of thiazole rings is 1. The molecule has 6 nitrogen and oxygen atoms in total. The predicted octanol–water partition coefficient (Wildman–Crippen LogP) is 3.77. The number of amides is 1. The number of carbonyl (C=O) groups is 1. The Hall–Kier alpha value is -1.89. The van der Waals surface area contributed by atoms with Crippen LogP contribution in [0.4, 0.5) is 13.2 Å². The first kappa shape index (κ1) is 24.4. The van der Waals surface area contributed by atoms with Crippen molar-refractivity contribution in [2.24, 2.45) is 4.99 Å². The molecule has 3 rings (SSSR count). The zero-order chi connectivity index (χ0) is 20.9. The molecule has 1 fully saturated rings. The van der Waals surface area contributed by atoms with E-state index in [4.69, 9.17) is 0 Å². The monoisotopic (exact) mass is 553 g/mol. The van der Waals surface area contributed by atoms with Crippen molar-refractivity contribution in [1.82, 2.24) is 20.5 Å². The van der Waals surface area contributed by atoms with Crippen molar-refractivity contribution in [2.75, 3.05) is 13.6 Å². The first-order valence-corrected chi connectivity index (χ1v) is 10.0. The molecule has 1 aliphatic heterocycles. The van der Waals surface area contributed by atoms with Crippen LogP contribution >= 0.6 is 35.3 Å². The summed E-state index contributed by atoms with van der Waals surface area (Å²) in [7, 11) is 1.59. The van der Waals surface area contributed by atoms with Crippen LogP contribution in [-0.2, 0) is 30.6 Å². The van der Waals surface area contributed by atoms with E-state index in [-0.39, 0.29) is 36.4 Å². The van der Waals surface area contributed by atoms with Gasteiger partial charge in [-0.3, -0.25) is 9.79 Å². The van der Waals surface area contributed by atoms with Gasteiger partial charge in [0, 0.05) is 38.5 Å². The molecule has 0 saturated carbocycles. The van der Waals surface area contributed by atoms with Gasteiger partial charge in [-0.1, -0.05) is 24.3 Å². The number of hydrogen-bond donors (Lipinski definition) is 2. The van der Waals surface area contributed by atoms with Gasteiger partial charge < -0.3 is 15.5 Å². The molecule has 0 atom stereocenters. The van der Waals surface area contributed by atoms with E-state index in [1.807, 2.05) is 29.2 Å². The minimum atomic E-state index is -4.43. The molecule has 0 bridgehead atoms. The van der Waals surface area contributed by atoms with Gasteiger partial charge in [-0.25, -0.2) is 4.98 Å². The first-order valence-electron chi connectivity index (χ1n) is 9.17. The Kier molecular flexibility index (Phi) is 8.89. The standard InChI is InChI=1S/C19H22F3N5OS.HI/c1-23-18(25-10-16-26-15(12-29-16)19(20,21)22)24-9-13-4-2-5-14(8-13)11-27-7-3-6-17(27)28;/h2,4-5,8,12H,3,6-7,9-11H2,1H3,(H2,23,24,25);1H. The van der Waals surface area contributed by atoms with Crippen molar-refractivity contribution >= 4 is 47.2 Å². The van der Waals surface area contributed by atoms with Gasteiger partial charge in [-0.05, 0) is 17.5 Å². The number of aromatic nitrogens is 1. The molecule has 11 heteroatoms. The van der Waals surface area contributed by atoms with E-state index in [1.165, 1.54) is 0 Å². The molecule has 1 aliphatic rings. The van der Waals surface area contributed by atoms with Crippen molar-refractivity contribution in [1.29, 1.82) is 0 Å². The maximum atomic E-state index is 12.6. The van der Waals surface area contributed by atoms with Crippen LogP contribution in [0, 0.1) is 0 Å². The fraction of sp³-hybridized carbons (Fsp3) is 0.421. The smallest absolute Gasteiger partial charge is 0.352 e. The molecule has 30 heavy (non-hydrogen) atoms. The lowest BCUT2D eigenvalue weighted by Crippen LogP contribution is -2.36. The average molecular weight is 553 g/mol. The van der Waals surface area contributed by atoms with Crippen molar-refractivity contribution in [3.8, 4) is 0 Å². The molecule has 1 aromatic heterocycles. The number of nitrogens with one attached hydrogen (secondary N) is 2. The van der Waals surface area contributed by atoms with Crippen LogP contribution in [-0.4, -0.2) is 35.3 Å². The molecule has 1 amide bonds. The average Bonchev–Trinajstić information content (AvgIpc) is 3.32. The van der Waals surface area contributed by atoms with Gasteiger partial charge in [0.2, 0.25) is 5.91 Å². The van der Waals surface area contributed by atoms with Gasteiger partial charge in [0.25, 0.3) is 0 Å². The van der Waals surface area contributed by atoms with Crippen molar-refractivity contribution in [3.63, 3.8) is 0 Å². The number of halogens is 4. The summed E-state index contributed by atoms with van der Waals surface area (Å²) in [6, 6.07) is 7.93. The number of benzene rings is 1. The van der Waals surface area contributed by atoms with Crippen LogP contribution in [0.1, 0.15) is 34.7 Å². The largest absolute Gasteiger partial charge is 0.434 e. The fourth-order valence-electron chi connectivity index (χ4n) is 3.02. The lowest BCUT2D eigenvalue weighted by Gasteiger charge is -2.16. The molecule has 164 valence electrons. The van der Waals surface area contributed by atoms with E-state index in [0.29, 0.717) is 30.5 Å². The molecule has 0 radical (unpaired) electrons. The second kappa shape index (κ2) is 10.9. The van der Waals surface area contributed by atoms with Gasteiger partial charge in [0.1, 0.15) is 5.01 Å². The topological polar surface area (TPSA) is 69.6 Å². The molecule has 0 unspecified atom stereocenters. The second-order valence-electron chi connectivity index (χ2n) is 6.64. The number of likely N-dealkylation sites (tertiary alicyclic amines) is 1. The Labute approximate surface area is 194 Å². The van der Waals surface area contributed by atoms with E-state index in [2.05, 4.69) is 20.6 Å². The Bertz CT molecular complexity index is 887. The van der Waals surface area contributed by atoms with E-state index in [9.17, 15) is 18.0 Å². The van der Waals surface area contributed by atoms with E-state index < -0.39 is 11.9 Å². The number of nitrogens with zero attached hydrogens (tertiary/aromatic N) is 3. The van der Waals surface area contributed by atoms with E-state index >= 15 is 0 Å². The number of rotatable bonds is 6. The molecule has 0 aliphatic carbocycles. The van der Waals surface area contributed by atoms with Crippen molar-refractivity contribution < 1.29 is 18.0 Å². The summed E-state index contributed by atoms with van der Waals surface area (Å²) >= 11 is 0.952. The number of hydrogen-bond acceptors (Lipinski definition) is 4. The van der Waals surface area contributed by atoms with Crippen LogP contribution in [0.5, 0.6) is 0 Å². The highest BCUT2D eigenvalue weighted by Gasteiger charge is 2.33. The van der Waals surface area contributed by atoms with E-state index in [0.717, 1.165) is 40.8 Å². The highest BCUT2D eigenvalue weighted by atomic mass is 127. The minimum Gasteiger partial charge on any atom is -0.352 e. The van der Waals surface area contributed by atoms with Gasteiger partial charge in [0.15, 0.2) is 11.7 Å². The Balaban J connectivity index is 0.00000320. The third-order valence-electron chi connectivity index (χ3n) is 4.47. The maximum absolute atomic E-state index is 12.6. The van der Waals surface area contributed by atoms with E-state index in [1.54, 1.807) is 7.05 Å². The number of aliphatic imine (C=N–C) groups is 1. The summed E-state index contributed by atoms with van der Waals surface area (Å²) < 4.78 is 37.9. The van der Waals surface area contributed by atoms with Gasteiger partial charge in [-0.15, -0.1) is 35.3 Å². The summed E-state index contributed by atoms with van der Waals surface area (Å²) in [5.74, 6) is 0.655. The zero-order valence-corrected chi connectivity index (χ0v) is 19.5. The van der Waals surface area contributed by atoms with Crippen LogP contribution in [0.25, 0.3) is 0 Å². The van der Waals surface area contributed by atoms with Gasteiger partial charge in [0.05, 0.1) is 6.54 Å². The Morgan fingerprint density at radius 1 is 1.27 bits per heavy atom. The van der Waals surface area contributed by atoms with Crippen LogP contribution in [0.2, 0.25) is 0 Å². The first-order chi connectivity index (χ1) is 13.8. The lowest BCUT2D eigenvalue weighted by molar-refractivity contribution is -0.140. The lowest BCUT2D eigenvalue weighted by atomic mass is 10.1. The highest BCUT2D eigenvalue weighted by Crippen LogP contribution is 2.29. The maximum Gasteiger partial charge on any atom is 0.434 e. The molecular formula is C19H23F3IN5OS. The molecule has 1 saturated heterocycles. The van der Waals surface area contributed by atoms with Crippen LogP contribution in [0.15, 0.2) is 34.6 Å². The van der Waals surface area contributed by atoms with Crippen LogP contribution < -0.4 is 10.6 Å². The molecule has 1 aromatic carbocycles.